The number of benzene rings is 1. The third-order valence-electron chi connectivity index (χ3n) is 2.63. The molecule has 0 bridgehead atoms. The molecule has 2 aromatic rings. The number of hydrogen-bond acceptors (Lipinski definition) is 4. The Bertz CT molecular complexity index is 602. The lowest BCUT2D eigenvalue weighted by Crippen LogP contribution is -2.23. The molecule has 0 radical (unpaired) electrons. The zero-order valence-electron chi connectivity index (χ0n) is 11.2. The number of amides is 1. The molecule has 0 aliphatic carbocycles. The number of aryl methyl sites for hydroxylation is 1. The van der Waals surface area contributed by atoms with Crippen LogP contribution in [-0.2, 0) is 11.2 Å². The Balaban J connectivity index is 1.97. The first-order valence-electron chi connectivity index (χ1n) is 6.23. The second kappa shape index (κ2) is 6.51. The molecular weight excluding hydrogens is 279 g/mol. The molecule has 1 heterocycles. The van der Waals surface area contributed by atoms with Crippen LogP contribution in [0.5, 0.6) is 0 Å². The van der Waals surface area contributed by atoms with Crippen molar-refractivity contribution in [3.8, 4) is 0 Å². The van der Waals surface area contributed by atoms with Crippen molar-refractivity contribution < 1.29 is 9.18 Å². The lowest BCUT2D eigenvalue weighted by atomic mass is 10.3. The van der Waals surface area contributed by atoms with Gasteiger partial charge in [0, 0.05) is 6.42 Å². The molecule has 0 saturated carbocycles. The first-order valence-corrected chi connectivity index (χ1v) is 7.11. The van der Waals surface area contributed by atoms with Gasteiger partial charge in [0.25, 0.3) is 0 Å². The van der Waals surface area contributed by atoms with Gasteiger partial charge >= 0.3 is 0 Å². The van der Waals surface area contributed by atoms with Crippen LogP contribution in [0.25, 0.3) is 0 Å². The number of nitrogens with one attached hydrogen (secondary N) is 2. The molecule has 0 aliphatic rings. The normalized spacial score (nSPS) is 12.2. The highest BCUT2D eigenvalue weighted by atomic mass is 32.2. The van der Waals surface area contributed by atoms with Crippen LogP contribution in [0, 0.1) is 5.82 Å². The Morgan fingerprint density at radius 3 is 2.90 bits per heavy atom. The second-order valence-electron chi connectivity index (χ2n) is 4.15. The van der Waals surface area contributed by atoms with Crippen LogP contribution in [0.15, 0.2) is 29.4 Å². The summed E-state index contributed by atoms with van der Waals surface area (Å²) >= 11 is 1.23. The number of carbonyl (C=O) groups is 1. The lowest BCUT2D eigenvalue weighted by molar-refractivity contribution is -0.115. The van der Waals surface area contributed by atoms with Gasteiger partial charge in [0.1, 0.15) is 11.6 Å². The Kier molecular flexibility index (Phi) is 4.73. The summed E-state index contributed by atoms with van der Waals surface area (Å²) in [5, 5.41) is 9.43. The summed E-state index contributed by atoms with van der Waals surface area (Å²) in [4.78, 5) is 16.2. The van der Waals surface area contributed by atoms with Crippen molar-refractivity contribution in [2.45, 2.75) is 30.7 Å². The molecule has 5 nitrogen and oxygen atoms in total. The predicted octanol–water partition coefficient (Wildman–Crippen LogP) is 2.63. The lowest BCUT2D eigenvalue weighted by Gasteiger charge is -2.10. The zero-order chi connectivity index (χ0) is 14.5. The van der Waals surface area contributed by atoms with E-state index in [1.54, 1.807) is 19.1 Å². The third kappa shape index (κ3) is 3.57. The van der Waals surface area contributed by atoms with Gasteiger partial charge in [-0.15, -0.1) is 5.10 Å². The van der Waals surface area contributed by atoms with Gasteiger partial charge in [-0.3, -0.25) is 9.89 Å². The molecule has 1 atom stereocenters. The number of aromatic nitrogens is 3. The Morgan fingerprint density at radius 1 is 1.50 bits per heavy atom. The summed E-state index contributed by atoms with van der Waals surface area (Å²) in [6.07, 6.45) is 0.753. The third-order valence-corrected chi connectivity index (χ3v) is 3.59. The number of thioether (sulfide) groups is 1. The fourth-order valence-electron chi connectivity index (χ4n) is 1.50. The Morgan fingerprint density at radius 2 is 2.25 bits per heavy atom. The highest BCUT2D eigenvalue weighted by molar-refractivity contribution is 8.00. The fraction of sp³-hybridized carbons (Fsp3) is 0.308. The van der Waals surface area contributed by atoms with Gasteiger partial charge in [-0.05, 0) is 19.1 Å². The molecule has 20 heavy (non-hydrogen) atoms. The molecule has 0 aliphatic heterocycles. The maximum Gasteiger partial charge on any atom is 0.237 e. The van der Waals surface area contributed by atoms with Crippen LogP contribution >= 0.6 is 11.8 Å². The average molecular weight is 294 g/mol. The molecule has 106 valence electrons. The molecule has 2 rings (SSSR count). The summed E-state index contributed by atoms with van der Waals surface area (Å²) in [5.74, 6) is 0.0291. The van der Waals surface area contributed by atoms with E-state index < -0.39 is 11.1 Å². The van der Waals surface area contributed by atoms with Gasteiger partial charge in [-0.2, -0.15) is 0 Å². The smallest absolute Gasteiger partial charge is 0.237 e. The summed E-state index contributed by atoms with van der Waals surface area (Å²) in [6.45, 7) is 3.69. The minimum absolute atomic E-state index is 0.175. The zero-order valence-corrected chi connectivity index (χ0v) is 12.0. The summed E-state index contributed by atoms with van der Waals surface area (Å²) < 4.78 is 13.4. The van der Waals surface area contributed by atoms with Crippen LogP contribution in [0.3, 0.4) is 0 Å². The van der Waals surface area contributed by atoms with Gasteiger partial charge in [0.15, 0.2) is 0 Å². The van der Waals surface area contributed by atoms with Crippen molar-refractivity contribution in [1.82, 2.24) is 15.2 Å². The Hall–Kier alpha value is -1.89. The first kappa shape index (κ1) is 14.5. The van der Waals surface area contributed by atoms with Crippen LogP contribution < -0.4 is 5.32 Å². The summed E-state index contributed by atoms with van der Waals surface area (Å²) in [6, 6.07) is 6.06. The number of para-hydroxylation sites is 1. The molecule has 0 fully saturated rings. The molecule has 2 N–H and O–H groups in total. The highest BCUT2D eigenvalue weighted by Crippen LogP contribution is 2.21. The molecule has 0 spiro atoms. The molecular formula is C13H15FN4OS. The molecule has 1 amide bonds. The SMILES string of the molecule is CCc1nc(SC(C)C(=O)Nc2ccccc2F)n[nH]1. The predicted molar refractivity (Wildman–Crippen MR) is 76.1 cm³/mol. The fourth-order valence-corrected chi connectivity index (χ4v) is 2.24. The molecule has 0 saturated heterocycles. The minimum Gasteiger partial charge on any atom is -0.323 e. The number of H-pyrrole nitrogens is 1. The second-order valence-corrected chi connectivity index (χ2v) is 5.46. The maximum absolute atomic E-state index is 13.4. The van der Waals surface area contributed by atoms with E-state index in [1.165, 1.54) is 23.9 Å². The van der Waals surface area contributed by atoms with E-state index >= 15 is 0 Å². The van der Waals surface area contributed by atoms with Crippen molar-refractivity contribution in [3.63, 3.8) is 0 Å². The molecule has 1 unspecified atom stereocenters. The van der Waals surface area contributed by atoms with Crippen LogP contribution in [0.2, 0.25) is 0 Å². The average Bonchev–Trinajstić information content (AvgIpc) is 2.89. The van der Waals surface area contributed by atoms with Crippen molar-refractivity contribution in [2.24, 2.45) is 0 Å². The molecule has 1 aromatic carbocycles. The number of aromatic amines is 1. The van der Waals surface area contributed by atoms with E-state index in [-0.39, 0.29) is 11.6 Å². The quantitative estimate of drug-likeness (QED) is 0.832. The van der Waals surface area contributed by atoms with Crippen LogP contribution in [0.1, 0.15) is 19.7 Å². The number of hydrogen-bond donors (Lipinski definition) is 2. The number of rotatable bonds is 5. The van der Waals surface area contributed by atoms with E-state index in [0.717, 1.165) is 12.2 Å². The van der Waals surface area contributed by atoms with E-state index in [0.29, 0.717) is 5.16 Å². The van der Waals surface area contributed by atoms with Crippen molar-refractivity contribution in [2.75, 3.05) is 5.32 Å². The van der Waals surface area contributed by atoms with E-state index in [9.17, 15) is 9.18 Å². The number of nitrogens with zero attached hydrogens (tertiary/aromatic N) is 2. The van der Waals surface area contributed by atoms with Crippen LogP contribution in [-0.4, -0.2) is 26.3 Å². The number of carbonyl (C=O) groups excluding carboxylic acids is 1. The van der Waals surface area contributed by atoms with Gasteiger partial charge in [0.2, 0.25) is 11.1 Å². The van der Waals surface area contributed by atoms with E-state index in [4.69, 9.17) is 0 Å². The molecule has 7 heteroatoms. The van der Waals surface area contributed by atoms with E-state index in [1.807, 2.05) is 6.92 Å². The summed E-state index contributed by atoms with van der Waals surface area (Å²) in [7, 11) is 0. The van der Waals surface area contributed by atoms with Gasteiger partial charge < -0.3 is 5.32 Å². The number of anilines is 1. The van der Waals surface area contributed by atoms with Crippen molar-refractivity contribution >= 4 is 23.4 Å². The maximum atomic E-state index is 13.4. The number of halogens is 1. The van der Waals surface area contributed by atoms with Crippen LogP contribution in [0.4, 0.5) is 10.1 Å². The first-order chi connectivity index (χ1) is 9.60. The monoisotopic (exact) mass is 294 g/mol. The van der Waals surface area contributed by atoms with Gasteiger partial charge in [-0.25, -0.2) is 9.37 Å². The topological polar surface area (TPSA) is 70.7 Å². The standard InChI is InChI=1S/C13H15FN4OS/c1-3-11-16-13(18-17-11)20-8(2)12(19)15-10-7-5-4-6-9(10)14/h4-8H,3H2,1-2H3,(H,15,19)(H,16,17,18). The summed E-state index contributed by atoms with van der Waals surface area (Å²) in [5.41, 5.74) is 0.175. The highest BCUT2D eigenvalue weighted by Gasteiger charge is 2.18. The van der Waals surface area contributed by atoms with Crippen molar-refractivity contribution in [1.29, 1.82) is 0 Å². The Labute approximate surface area is 120 Å². The minimum atomic E-state index is -0.454. The van der Waals surface area contributed by atoms with Crippen molar-refractivity contribution in [3.05, 3.63) is 35.9 Å². The largest absolute Gasteiger partial charge is 0.323 e. The molecule has 1 aromatic heterocycles. The van der Waals surface area contributed by atoms with Gasteiger partial charge in [0.05, 0.1) is 10.9 Å². The van der Waals surface area contributed by atoms with Gasteiger partial charge in [-0.1, -0.05) is 30.8 Å². The van der Waals surface area contributed by atoms with E-state index in [2.05, 4.69) is 20.5 Å².